The molecule has 2 aromatic rings. The van der Waals surface area contributed by atoms with Crippen LogP contribution in [0.2, 0.25) is 10.0 Å². The van der Waals surface area contributed by atoms with Crippen LogP contribution in [0.3, 0.4) is 0 Å². The molecule has 0 aromatic heterocycles. The summed E-state index contributed by atoms with van der Waals surface area (Å²) in [6.45, 7) is 0. The predicted octanol–water partition coefficient (Wildman–Crippen LogP) is 4.40. The summed E-state index contributed by atoms with van der Waals surface area (Å²) < 4.78 is 0. The zero-order valence-corrected chi connectivity index (χ0v) is 10.9. The van der Waals surface area contributed by atoms with Gasteiger partial charge >= 0.3 is 0 Å². The van der Waals surface area contributed by atoms with Gasteiger partial charge in [-0.2, -0.15) is 0 Å². The molecule has 18 heavy (non-hydrogen) atoms. The summed E-state index contributed by atoms with van der Waals surface area (Å²) in [4.78, 5) is 0. The summed E-state index contributed by atoms with van der Waals surface area (Å²) in [5, 5.41) is 1.40. The molecular formula is C16H8Cl2. The van der Waals surface area contributed by atoms with E-state index in [1.54, 1.807) is 24.3 Å². The second kappa shape index (κ2) is 6.18. The first-order chi connectivity index (χ1) is 8.74. The second-order valence-corrected chi connectivity index (χ2v) is 4.39. The van der Waals surface area contributed by atoms with E-state index in [1.807, 2.05) is 24.3 Å². The molecule has 0 amide bonds. The van der Waals surface area contributed by atoms with E-state index in [0.29, 0.717) is 10.0 Å². The summed E-state index contributed by atoms with van der Waals surface area (Å²) in [5.74, 6) is 11.5. The van der Waals surface area contributed by atoms with Gasteiger partial charge in [-0.3, -0.25) is 0 Å². The SMILES string of the molecule is Clc1ccc(C#CC#Cc2ccc(Cl)cc2)cc1. The van der Waals surface area contributed by atoms with Crippen LogP contribution in [0, 0.1) is 23.7 Å². The summed E-state index contributed by atoms with van der Waals surface area (Å²) in [6, 6.07) is 14.7. The minimum Gasteiger partial charge on any atom is -0.0843 e. The molecule has 0 heterocycles. The number of benzene rings is 2. The Morgan fingerprint density at radius 2 is 0.889 bits per heavy atom. The lowest BCUT2D eigenvalue weighted by Gasteiger charge is -1.89. The maximum atomic E-state index is 5.78. The van der Waals surface area contributed by atoms with E-state index in [9.17, 15) is 0 Å². The van der Waals surface area contributed by atoms with Gasteiger partial charge in [0.2, 0.25) is 0 Å². The van der Waals surface area contributed by atoms with Crippen LogP contribution < -0.4 is 0 Å². The molecule has 0 radical (unpaired) electrons. The fourth-order valence-corrected chi connectivity index (χ4v) is 1.53. The van der Waals surface area contributed by atoms with Gasteiger partial charge in [-0.25, -0.2) is 0 Å². The third-order valence-corrected chi connectivity index (χ3v) is 2.67. The largest absolute Gasteiger partial charge is 0.0843 e. The molecule has 0 aliphatic carbocycles. The topological polar surface area (TPSA) is 0 Å². The van der Waals surface area contributed by atoms with Crippen molar-refractivity contribution in [2.24, 2.45) is 0 Å². The summed E-state index contributed by atoms with van der Waals surface area (Å²) in [5.41, 5.74) is 1.79. The molecule has 0 saturated heterocycles. The van der Waals surface area contributed by atoms with Gasteiger partial charge in [0.1, 0.15) is 0 Å². The maximum Gasteiger partial charge on any atom is 0.0406 e. The Morgan fingerprint density at radius 1 is 0.556 bits per heavy atom. The minimum absolute atomic E-state index is 0.702. The Balaban J connectivity index is 2.09. The zero-order valence-electron chi connectivity index (χ0n) is 9.37. The number of halogens is 2. The fraction of sp³-hybridized carbons (Fsp3) is 0. The van der Waals surface area contributed by atoms with Crippen LogP contribution >= 0.6 is 23.2 Å². The summed E-state index contributed by atoms with van der Waals surface area (Å²) >= 11 is 11.6. The highest BCUT2D eigenvalue weighted by molar-refractivity contribution is 6.30. The number of hydrogen-bond acceptors (Lipinski definition) is 0. The predicted molar refractivity (Wildman–Crippen MR) is 76.7 cm³/mol. The van der Waals surface area contributed by atoms with Crippen molar-refractivity contribution in [3.05, 3.63) is 69.7 Å². The van der Waals surface area contributed by atoms with Gasteiger partial charge in [-0.15, -0.1) is 0 Å². The van der Waals surface area contributed by atoms with E-state index in [4.69, 9.17) is 23.2 Å². The fourth-order valence-electron chi connectivity index (χ4n) is 1.27. The number of rotatable bonds is 0. The molecule has 0 nitrogen and oxygen atoms in total. The van der Waals surface area contributed by atoms with Crippen LogP contribution in [0.15, 0.2) is 48.5 Å². The van der Waals surface area contributed by atoms with Crippen LogP contribution in [0.1, 0.15) is 11.1 Å². The van der Waals surface area contributed by atoms with Gasteiger partial charge in [-0.05, 0) is 60.4 Å². The van der Waals surface area contributed by atoms with Crippen LogP contribution in [0.5, 0.6) is 0 Å². The zero-order chi connectivity index (χ0) is 12.8. The first-order valence-electron chi connectivity index (χ1n) is 5.27. The molecule has 2 rings (SSSR count). The maximum absolute atomic E-state index is 5.78. The molecule has 0 aliphatic heterocycles. The van der Waals surface area contributed by atoms with Crippen molar-refractivity contribution in [2.45, 2.75) is 0 Å². The average Bonchev–Trinajstić information content (AvgIpc) is 2.39. The molecule has 2 heteroatoms. The van der Waals surface area contributed by atoms with Crippen molar-refractivity contribution < 1.29 is 0 Å². The van der Waals surface area contributed by atoms with Crippen molar-refractivity contribution in [1.29, 1.82) is 0 Å². The summed E-state index contributed by atoms with van der Waals surface area (Å²) in [6.07, 6.45) is 0. The molecule has 0 saturated carbocycles. The van der Waals surface area contributed by atoms with E-state index in [1.165, 1.54) is 0 Å². The Bertz CT molecular complexity index is 583. The highest BCUT2D eigenvalue weighted by atomic mass is 35.5. The highest BCUT2D eigenvalue weighted by Crippen LogP contribution is 2.09. The standard InChI is InChI=1S/C16H8Cl2/c17-15-9-5-13(6-10-15)3-1-2-4-14-7-11-16(18)12-8-14/h5-12H. The monoisotopic (exact) mass is 270 g/mol. The van der Waals surface area contributed by atoms with Gasteiger partial charge in [0.25, 0.3) is 0 Å². The van der Waals surface area contributed by atoms with E-state index in [2.05, 4.69) is 23.7 Å². The van der Waals surface area contributed by atoms with E-state index in [-0.39, 0.29) is 0 Å². The quantitative estimate of drug-likeness (QED) is 0.623. The van der Waals surface area contributed by atoms with Gasteiger partial charge in [0.05, 0.1) is 0 Å². The van der Waals surface area contributed by atoms with E-state index >= 15 is 0 Å². The van der Waals surface area contributed by atoms with Crippen molar-refractivity contribution >= 4 is 23.2 Å². The lowest BCUT2D eigenvalue weighted by molar-refractivity contribution is 1.64. The molecule has 0 atom stereocenters. The van der Waals surface area contributed by atoms with Crippen LogP contribution in [-0.2, 0) is 0 Å². The molecular weight excluding hydrogens is 263 g/mol. The molecule has 0 aliphatic rings. The lowest BCUT2D eigenvalue weighted by Crippen LogP contribution is -1.73. The molecule has 0 N–H and O–H groups in total. The molecule has 86 valence electrons. The van der Waals surface area contributed by atoms with Gasteiger partial charge in [0, 0.05) is 21.2 Å². The van der Waals surface area contributed by atoms with Crippen molar-refractivity contribution in [1.82, 2.24) is 0 Å². The second-order valence-electron chi connectivity index (χ2n) is 3.51. The molecule has 0 spiro atoms. The third-order valence-electron chi connectivity index (χ3n) is 2.16. The summed E-state index contributed by atoms with van der Waals surface area (Å²) in [7, 11) is 0. The lowest BCUT2D eigenvalue weighted by atomic mass is 10.2. The minimum atomic E-state index is 0.702. The van der Waals surface area contributed by atoms with E-state index in [0.717, 1.165) is 11.1 Å². The first-order valence-corrected chi connectivity index (χ1v) is 6.03. The Morgan fingerprint density at radius 3 is 1.22 bits per heavy atom. The smallest absolute Gasteiger partial charge is 0.0406 e. The molecule has 0 bridgehead atoms. The number of hydrogen-bond donors (Lipinski definition) is 0. The van der Waals surface area contributed by atoms with Crippen molar-refractivity contribution in [3.63, 3.8) is 0 Å². The normalized spacial score (nSPS) is 8.78. The Kier molecular flexibility index (Phi) is 4.32. The Labute approximate surface area is 117 Å². The van der Waals surface area contributed by atoms with Crippen LogP contribution in [0.4, 0.5) is 0 Å². The first kappa shape index (κ1) is 12.6. The average molecular weight is 271 g/mol. The van der Waals surface area contributed by atoms with Gasteiger partial charge < -0.3 is 0 Å². The Hall–Kier alpha value is -1.86. The molecule has 0 unspecified atom stereocenters. The highest BCUT2D eigenvalue weighted by Gasteiger charge is 1.87. The van der Waals surface area contributed by atoms with E-state index < -0.39 is 0 Å². The molecule has 0 fully saturated rings. The molecule has 2 aromatic carbocycles. The van der Waals surface area contributed by atoms with Crippen molar-refractivity contribution in [3.8, 4) is 23.7 Å². The third kappa shape index (κ3) is 3.86. The van der Waals surface area contributed by atoms with Crippen molar-refractivity contribution in [2.75, 3.05) is 0 Å². The van der Waals surface area contributed by atoms with Crippen LogP contribution in [-0.4, -0.2) is 0 Å². The van der Waals surface area contributed by atoms with Crippen LogP contribution in [0.25, 0.3) is 0 Å². The van der Waals surface area contributed by atoms with Gasteiger partial charge in [-0.1, -0.05) is 35.0 Å². The van der Waals surface area contributed by atoms with Gasteiger partial charge in [0.15, 0.2) is 0 Å².